The summed E-state index contributed by atoms with van der Waals surface area (Å²) in [7, 11) is 1.68. The third-order valence-electron chi connectivity index (χ3n) is 3.30. The molecular formula is C16H20ClNOS. The number of nitrogens with two attached hydrogens (primary N) is 1. The van der Waals surface area contributed by atoms with Gasteiger partial charge >= 0.3 is 0 Å². The van der Waals surface area contributed by atoms with Crippen LogP contribution in [-0.2, 0) is 12.8 Å². The molecule has 2 nitrogen and oxygen atoms in total. The van der Waals surface area contributed by atoms with Crippen LogP contribution in [-0.4, -0.2) is 13.2 Å². The molecule has 0 aliphatic carbocycles. The van der Waals surface area contributed by atoms with E-state index in [0.29, 0.717) is 0 Å². The van der Waals surface area contributed by atoms with Crippen molar-refractivity contribution in [2.45, 2.75) is 31.7 Å². The molecule has 1 aromatic carbocycles. The minimum absolute atomic E-state index is 0.141. The molecular weight excluding hydrogens is 290 g/mol. The van der Waals surface area contributed by atoms with E-state index in [2.05, 4.69) is 17.5 Å². The summed E-state index contributed by atoms with van der Waals surface area (Å²) < 4.78 is 5.35. The number of thiophene rings is 1. The predicted octanol–water partition coefficient (Wildman–Crippen LogP) is 4.30. The van der Waals surface area contributed by atoms with E-state index in [4.69, 9.17) is 22.1 Å². The fraction of sp³-hybridized carbons (Fsp3) is 0.375. The number of hydrogen-bond acceptors (Lipinski definition) is 3. The zero-order valence-electron chi connectivity index (χ0n) is 11.6. The molecule has 0 saturated carbocycles. The number of ether oxygens (including phenoxy) is 1. The van der Waals surface area contributed by atoms with Gasteiger partial charge in [0.05, 0.1) is 7.11 Å². The summed E-state index contributed by atoms with van der Waals surface area (Å²) in [4.78, 5) is 1.43. The first-order chi connectivity index (χ1) is 9.69. The number of benzene rings is 1. The molecule has 1 unspecified atom stereocenters. The Morgan fingerprint density at radius 3 is 2.90 bits per heavy atom. The van der Waals surface area contributed by atoms with Crippen LogP contribution in [0.4, 0.5) is 0 Å². The molecule has 0 bridgehead atoms. The summed E-state index contributed by atoms with van der Waals surface area (Å²) in [5, 5.41) is 2.85. The van der Waals surface area contributed by atoms with Crippen LogP contribution < -0.4 is 10.5 Å². The summed E-state index contributed by atoms with van der Waals surface area (Å²) in [5.41, 5.74) is 7.31. The molecule has 0 aliphatic rings. The van der Waals surface area contributed by atoms with E-state index >= 15 is 0 Å². The Morgan fingerprint density at radius 2 is 2.20 bits per heavy atom. The largest absolute Gasteiger partial charge is 0.496 e. The van der Waals surface area contributed by atoms with Crippen molar-refractivity contribution < 1.29 is 4.74 Å². The van der Waals surface area contributed by atoms with Crippen LogP contribution in [0.3, 0.4) is 0 Å². The van der Waals surface area contributed by atoms with Crippen molar-refractivity contribution >= 4 is 22.9 Å². The summed E-state index contributed by atoms with van der Waals surface area (Å²) in [6.45, 7) is 0. The Bertz CT molecular complexity index is 527. The molecule has 1 atom stereocenters. The third-order valence-corrected chi connectivity index (χ3v) is 4.47. The van der Waals surface area contributed by atoms with Crippen LogP contribution in [0.2, 0.25) is 5.02 Å². The fourth-order valence-corrected chi connectivity index (χ4v) is 3.23. The topological polar surface area (TPSA) is 35.2 Å². The summed E-state index contributed by atoms with van der Waals surface area (Å²) in [6, 6.07) is 10.1. The van der Waals surface area contributed by atoms with Gasteiger partial charge in [-0.05, 0) is 60.9 Å². The predicted molar refractivity (Wildman–Crippen MR) is 86.9 cm³/mol. The quantitative estimate of drug-likeness (QED) is 0.827. The zero-order valence-corrected chi connectivity index (χ0v) is 13.2. The lowest BCUT2D eigenvalue weighted by Gasteiger charge is -2.14. The Balaban J connectivity index is 1.84. The van der Waals surface area contributed by atoms with Gasteiger partial charge in [0.25, 0.3) is 0 Å². The molecule has 2 rings (SSSR count). The van der Waals surface area contributed by atoms with Crippen LogP contribution in [0.5, 0.6) is 5.75 Å². The van der Waals surface area contributed by atoms with Gasteiger partial charge in [0.2, 0.25) is 0 Å². The number of hydrogen-bond donors (Lipinski definition) is 1. The van der Waals surface area contributed by atoms with Crippen molar-refractivity contribution in [3.8, 4) is 5.75 Å². The summed E-state index contributed by atoms with van der Waals surface area (Å²) >= 11 is 7.84. The van der Waals surface area contributed by atoms with Crippen LogP contribution in [0.25, 0.3) is 0 Å². The van der Waals surface area contributed by atoms with Gasteiger partial charge in [-0.3, -0.25) is 0 Å². The van der Waals surface area contributed by atoms with Gasteiger partial charge in [-0.15, -0.1) is 11.3 Å². The normalized spacial score (nSPS) is 12.3. The second kappa shape index (κ2) is 7.67. The molecule has 108 valence electrons. The highest BCUT2D eigenvalue weighted by Gasteiger charge is 2.09. The van der Waals surface area contributed by atoms with Gasteiger partial charge < -0.3 is 10.5 Å². The zero-order chi connectivity index (χ0) is 14.4. The highest BCUT2D eigenvalue weighted by molar-refractivity contribution is 7.09. The third kappa shape index (κ3) is 4.51. The average molecular weight is 310 g/mol. The highest BCUT2D eigenvalue weighted by Crippen LogP contribution is 2.24. The maximum Gasteiger partial charge on any atom is 0.122 e. The van der Waals surface area contributed by atoms with Gasteiger partial charge in [0, 0.05) is 15.9 Å². The number of rotatable bonds is 7. The lowest BCUT2D eigenvalue weighted by atomic mass is 10.0. The summed E-state index contributed by atoms with van der Waals surface area (Å²) in [5.74, 6) is 0.864. The first kappa shape index (κ1) is 15.4. The van der Waals surface area contributed by atoms with Crippen molar-refractivity contribution in [1.82, 2.24) is 0 Å². The fourth-order valence-electron chi connectivity index (χ4n) is 2.28. The van der Waals surface area contributed by atoms with E-state index in [1.54, 1.807) is 7.11 Å². The van der Waals surface area contributed by atoms with Gasteiger partial charge in [0.15, 0.2) is 0 Å². The monoisotopic (exact) mass is 309 g/mol. The molecule has 0 fully saturated rings. The molecule has 2 N–H and O–H groups in total. The van der Waals surface area contributed by atoms with Gasteiger partial charge in [-0.2, -0.15) is 0 Å². The molecule has 4 heteroatoms. The van der Waals surface area contributed by atoms with Gasteiger partial charge in [-0.25, -0.2) is 0 Å². The van der Waals surface area contributed by atoms with Crippen LogP contribution in [0.1, 0.15) is 23.3 Å². The van der Waals surface area contributed by atoms with Crippen LogP contribution >= 0.6 is 22.9 Å². The van der Waals surface area contributed by atoms with E-state index in [-0.39, 0.29) is 6.04 Å². The van der Waals surface area contributed by atoms with Gasteiger partial charge in [0.1, 0.15) is 5.75 Å². The van der Waals surface area contributed by atoms with Crippen LogP contribution in [0.15, 0.2) is 35.7 Å². The second-order valence-electron chi connectivity index (χ2n) is 4.89. The first-order valence-electron chi connectivity index (χ1n) is 6.79. The molecule has 2 aromatic rings. The van der Waals surface area contributed by atoms with Crippen molar-refractivity contribution in [1.29, 1.82) is 0 Å². The molecule has 0 radical (unpaired) electrons. The molecule has 1 aromatic heterocycles. The second-order valence-corrected chi connectivity index (χ2v) is 6.36. The van der Waals surface area contributed by atoms with E-state index in [1.807, 2.05) is 29.5 Å². The molecule has 0 aliphatic heterocycles. The molecule has 0 amide bonds. The standard InChI is InChI=1S/C16H20ClNOS/c1-19-16-8-7-13(17)10-12(16)11-14(18)4-2-5-15-6-3-9-20-15/h3,6-10,14H,2,4-5,11,18H2,1H3. The maximum absolute atomic E-state index is 6.22. The molecule has 1 heterocycles. The van der Waals surface area contributed by atoms with Crippen molar-refractivity contribution in [3.05, 3.63) is 51.2 Å². The number of methoxy groups -OCH3 is 1. The van der Waals surface area contributed by atoms with E-state index < -0.39 is 0 Å². The van der Waals surface area contributed by atoms with Crippen molar-refractivity contribution in [3.63, 3.8) is 0 Å². The lowest BCUT2D eigenvalue weighted by molar-refractivity contribution is 0.407. The smallest absolute Gasteiger partial charge is 0.122 e. The molecule has 20 heavy (non-hydrogen) atoms. The van der Waals surface area contributed by atoms with Crippen molar-refractivity contribution in [2.24, 2.45) is 5.73 Å². The Kier molecular flexibility index (Phi) is 5.89. The van der Waals surface area contributed by atoms with Crippen LogP contribution in [0, 0.1) is 0 Å². The Hall–Kier alpha value is -1.03. The molecule has 0 spiro atoms. The highest BCUT2D eigenvalue weighted by atomic mass is 35.5. The molecule has 0 saturated heterocycles. The van der Waals surface area contributed by atoms with E-state index in [1.165, 1.54) is 4.88 Å². The minimum atomic E-state index is 0.141. The minimum Gasteiger partial charge on any atom is -0.496 e. The average Bonchev–Trinajstić information content (AvgIpc) is 2.92. The lowest BCUT2D eigenvalue weighted by Crippen LogP contribution is -2.23. The van der Waals surface area contributed by atoms with E-state index in [9.17, 15) is 0 Å². The maximum atomic E-state index is 6.22. The summed E-state index contributed by atoms with van der Waals surface area (Å²) in [6.07, 6.45) is 4.03. The van der Waals surface area contributed by atoms with Gasteiger partial charge in [-0.1, -0.05) is 17.7 Å². The van der Waals surface area contributed by atoms with E-state index in [0.717, 1.165) is 42.0 Å². The SMILES string of the molecule is COc1ccc(Cl)cc1CC(N)CCCc1cccs1. The Labute approximate surface area is 129 Å². The van der Waals surface area contributed by atoms with Crippen molar-refractivity contribution in [2.75, 3.05) is 7.11 Å². The first-order valence-corrected chi connectivity index (χ1v) is 8.05. The number of halogens is 1. The Morgan fingerprint density at radius 1 is 1.35 bits per heavy atom. The number of aryl methyl sites for hydroxylation is 1.